The molecule has 4 nitrogen and oxygen atoms in total. The van der Waals surface area contributed by atoms with Crippen molar-refractivity contribution in [2.24, 2.45) is 0 Å². The minimum absolute atomic E-state index is 0.541. The first kappa shape index (κ1) is 13.6. The molecule has 2 rings (SSSR count). The number of aliphatic carboxylic acids is 1. The molecule has 2 aliphatic heterocycles. The number of carboxylic acids is 1. The van der Waals surface area contributed by atoms with E-state index < -0.39 is 5.97 Å². The first-order chi connectivity index (χ1) is 8.70. The second-order valence-corrected chi connectivity index (χ2v) is 5.33. The average molecular weight is 252 g/mol. The Morgan fingerprint density at radius 2 is 2.06 bits per heavy atom. The third-order valence-corrected chi connectivity index (χ3v) is 4.16. The number of hydrogen-bond acceptors (Lipinski definition) is 3. The molecule has 1 unspecified atom stereocenters. The summed E-state index contributed by atoms with van der Waals surface area (Å²) in [7, 11) is 0. The molecule has 102 valence electrons. The second kappa shape index (κ2) is 6.34. The molecule has 0 spiro atoms. The molecule has 0 aromatic rings. The van der Waals surface area contributed by atoms with E-state index in [0.29, 0.717) is 18.0 Å². The van der Waals surface area contributed by atoms with Gasteiger partial charge in [0.05, 0.1) is 0 Å². The van der Waals surface area contributed by atoms with Crippen molar-refractivity contribution in [1.29, 1.82) is 0 Å². The molecule has 0 aliphatic carbocycles. The summed E-state index contributed by atoms with van der Waals surface area (Å²) in [6, 6.07) is 0.704. The predicted octanol–water partition coefficient (Wildman–Crippen LogP) is 1.58. The fraction of sp³-hybridized carbons (Fsp3) is 0.786. The molecule has 0 saturated carbocycles. The van der Waals surface area contributed by atoms with E-state index in [-0.39, 0.29) is 0 Å². The van der Waals surface area contributed by atoms with E-state index in [4.69, 9.17) is 5.11 Å². The smallest absolute Gasteiger partial charge is 0.331 e. The number of carbonyl (C=O) groups is 1. The lowest BCUT2D eigenvalue weighted by atomic mass is 10.2. The van der Waals surface area contributed by atoms with Crippen molar-refractivity contribution in [3.05, 3.63) is 11.6 Å². The van der Waals surface area contributed by atoms with Crippen LogP contribution in [0.15, 0.2) is 11.6 Å². The molecule has 4 heteroatoms. The largest absolute Gasteiger partial charge is 0.478 e. The first-order valence-electron chi connectivity index (χ1n) is 7.09. The van der Waals surface area contributed by atoms with Gasteiger partial charge in [-0.25, -0.2) is 4.79 Å². The Hall–Kier alpha value is -0.870. The van der Waals surface area contributed by atoms with E-state index in [2.05, 4.69) is 9.80 Å². The summed E-state index contributed by atoms with van der Waals surface area (Å²) in [5, 5.41) is 8.98. The van der Waals surface area contributed by atoms with Gasteiger partial charge in [-0.15, -0.1) is 0 Å². The first-order valence-corrected chi connectivity index (χ1v) is 7.09. The number of nitrogens with zero attached hydrogens (tertiary/aromatic N) is 2. The standard InChI is InChI=1S/C14H24N2O2/c1-2-12(14(17)18)5-9-15-10-6-13(11-15)16-7-3-4-8-16/h5,13H,2-4,6-11H2,1H3,(H,17,18). The Morgan fingerprint density at radius 3 is 2.67 bits per heavy atom. The van der Waals surface area contributed by atoms with Gasteiger partial charge in [-0.2, -0.15) is 0 Å². The number of hydrogen-bond donors (Lipinski definition) is 1. The zero-order chi connectivity index (χ0) is 13.0. The van der Waals surface area contributed by atoms with Gasteiger partial charge in [0, 0.05) is 31.2 Å². The maximum Gasteiger partial charge on any atom is 0.331 e. The average Bonchev–Trinajstić information content (AvgIpc) is 2.99. The van der Waals surface area contributed by atoms with Gasteiger partial charge in [0.25, 0.3) is 0 Å². The maximum absolute atomic E-state index is 10.9. The lowest BCUT2D eigenvalue weighted by Gasteiger charge is -2.23. The van der Waals surface area contributed by atoms with E-state index in [1.54, 1.807) is 0 Å². The van der Waals surface area contributed by atoms with Crippen LogP contribution in [0.1, 0.15) is 32.6 Å². The van der Waals surface area contributed by atoms with Crippen LogP contribution in [0.4, 0.5) is 0 Å². The van der Waals surface area contributed by atoms with Crippen molar-refractivity contribution in [3.8, 4) is 0 Å². The molecule has 0 bridgehead atoms. The van der Waals surface area contributed by atoms with Gasteiger partial charge in [0.1, 0.15) is 0 Å². The van der Waals surface area contributed by atoms with E-state index in [1.165, 1.54) is 32.4 Å². The van der Waals surface area contributed by atoms with Gasteiger partial charge in [-0.3, -0.25) is 9.80 Å². The Labute approximate surface area is 109 Å². The summed E-state index contributed by atoms with van der Waals surface area (Å²) < 4.78 is 0. The van der Waals surface area contributed by atoms with Crippen LogP contribution in [-0.2, 0) is 4.79 Å². The molecular formula is C14H24N2O2. The second-order valence-electron chi connectivity index (χ2n) is 5.33. The third-order valence-electron chi connectivity index (χ3n) is 4.16. The Balaban J connectivity index is 1.80. The van der Waals surface area contributed by atoms with Crippen LogP contribution in [0.5, 0.6) is 0 Å². The van der Waals surface area contributed by atoms with E-state index in [9.17, 15) is 4.79 Å². The highest BCUT2D eigenvalue weighted by atomic mass is 16.4. The molecule has 0 radical (unpaired) electrons. The molecule has 0 amide bonds. The van der Waals surface area contributed by atoms with E-state index in [1.807, 2.05) is 13.0 Å². The molecule has 2 saturated heterocycles. The topological polar surface area (TPSA) is 43.8 Å². The van der Waals surface area contributed by atoms with Crippen molar-refractivity contribution >= 4 is 5.97 Å². The molecule has 2 heterocycles. The highest BCUT2D eigenvalue weighted by Gasteiger charge is 2.28. The highest BCUT2D eigenvalue weighted by molar-refractivity contribution is 5.86. The highest BCUT2D eigenvalue weighted by Crippen LogP contribution is 2.20. The normalized spacial score (nSPS) is 26.9. The Bertz CT molecular complexity index is 322. The molecule has 2 aliphatic rings. The van der Waals surface area contributed by atoms with Crippen LogP contribution in [0.3, 0.4) is 0 Å². The van der Waals surface area contributed by atoms with Crippen molar-refractivity contribution in [2.75, 3.05) is 32.7 Å². The Morgan fingerprint density at radius 1 is 1.33 bits per heavy atom. The molecule has 0 aromatic heterocycles. The quantitative estimate of drug-likeness (QED) is 0.754. The molecule has 1 N–H and O–H groups in total. The summed E-state index contributed by atoms with van der Waals surface area (Å²) in [5.41, 5.74) is 0.541. The molecule has 1 atom stereocenters. The van der Waals surface area contributed by atoms with Crippen LogP contribution >= 0.6 is 0 Å². The van der Waals surface area contributed by atoms with E-state index in [0.717, 1.165) is 19.6 Å². The summed E-state index contributed by atoms with van der Waals surface area (Å²) in [6.45, 7) is 7.41. The van der Waals surface area contributed by atoms with Gasteiger partial charge in [0.15, 0.2) is 0 Å². The number of carboxylic acid groups (broad SMARTS) is 1. The van der Waals surface area contributed by atoms with E-state index >= 15 is 0 Å². The third kappa shape index (κ3) is 3.33. The van der Waals surface area contributed by atoms with Crippen LogP contribution < -0.4 is 0 Å². The summed E-state index contributed by atoms with van der Waals surface area (Å²) >= 11 is 0. The Kier molecular flexibility index (Phi) is 4.78. The predicted molar refractivity (Wildman–Crippen MR) is 71.7 cm³/mol. The van der Waals surface area contributed by atoms with Gasteiger partial charge in [-0.1, -0.05) is 13.0 Å². The number of likely N-dealkylation sites (tertiary alicyclic amines) is 2. The zero-order valence-electron chi connectivity index (χ0n) is 11.3. The van der Waals surface area contributed by atoms with Crippen molar-refractivity contribution in [1.82, 2.24) is 9.80 Å². The fourth-order valence-electron chi connectivity index (χ4n) is 3.00. The summed E-state index contributed by atoms with van der Waals surface area (Å²) in [4.78, 5) is 15.9. The molecule has 18 heavy (non-hydrogen) atoms. The van der Waals surface area contributed by atoms with Crippen LogP contribution in [0, 0.1) is 0 Å². The molecule has 2 fully saturated rings. The SMILES string of the molecule is CCC(=CCN1CCC(N2CCCC2)C1)C(=O)O. The maximum atomic E-state index is 10.9. The number of rotatable bonds is 5. The summed E-state index contributed by atoms with van der Waals surface area (Å²) in [6.07, 6.45) is 6.42. The van der Waals surface area contributed by atoms with Crippen LogP contribution in [0.25, 0.3) is 0 Å². The molecular weight excluding hydrogens is 228 g/mol. The van der Waals surface area contributed by atoms with Gasteiger partial charge in [0.2, 0.25) is 0 Å². The minimum Gasteiger partial charge on any atom is -0.478 e. The summed E-state index contributed by atoms with van der Waals surface area (Å²) in [5.74, 6) is -0.771. The minimum atomic E-state index is -0.771. The van der Waals surface area contributed by atoms with Crippen LogP contribution in [0.2, 0.25) is 0 Å². The monoisotopic (exact) mass is 252 g/mol. The fourth-order valence-corrected chi connectivity index (χ4v) is 3.00. The lowest BCUT2D eigenvalue weighted by Crippen LogP contribution is -2.35. The van der Waals surface area contributed by atoms with Crippen LogP contribution in [-0.4, -0.2) is 59.6 Å². The van der Waals surface area contributed by atoms with Crippen molar-refractivity contribution < 1.29 is 9.90 Å². The molecule has 0 aromatic carbocycles. The van der Waals surface area contributed by atoms with Gasteiger partial charge in [-0.05, 0) is 38.8 Å². The van der Waals surface area contributed by atoms with Gasteiger partial charge >= 0.3 is 5.97 Å². The lowest BCUT2D eigenvalue weighted by molar-refractivity contribution is -0.132. The zero-order valence-corrected chi connectivity index (χ0v) is 11.3. The van der Waals surface area contributed by atoms with Crippen molar-refractivity contribution in [2.45, 2.75) is 38.6 Å². The van der Waals surface area contributed by atoms with Gasteiger partial charge < -0.3 is 5.11 Å². The van der Waals surface area contributed by atoms with Crippen molar-refractivity contribution in [3.63, 3.8) is 0 Å².